The fourth-order valence-corrected chi connectivity index (χ4v) is 2.62. The van der Waals surface area contributed by atoms with Crippen LogP contribution in [-0.4, -0.2) is 59.5 Å². The number of piperazine rings is 1. The Bertz CT molecular complexity index is 694. The van der Waals surface area contributed by atoms with E-state index in [-0.39, 0.29) is 30.5 Å². The molecule has 1 fully saturated rings. The molecular weight excluding hydrogens is 353 g/mol. The molecule has 7 nitrogen and oxygen atoms in total. The number of halogens is 1. The standard InChI is InChI=1S/C19H26FN3O4/c1-19(2,3)27-18(26)23-12-10-22(11-13-23)17(25)9-8-16(24)21-15-7-5-4-6-14(15)20/h4-7H,8-13H2,1-3H3,(H,21,24). The van der Waals surface area contributed by atoms with Crippen LogP contribution in [0.5, 0.6) is 0 Å². The highest BCUT2D eigenvalue weighted by atomic mass is 19.1. The Morgan fingerprint density at radius 1 is 1.04 bits per heavy atom. The van der Waals surface area contributed by atoms with E-state index in [0.717, 1.165) is 0 Å². The molecule has 0 spiro atoms. The van der Waals surface area contributed by atoms with Gasteiger partial charge in [0.25, 0.3) is 0 Å². The molecule has 27 heavy (non-hydrogen) atoms. The van der Waals surface area contributed by atoms with Crippen molar-refractivity contribution < 1.29 is 23.5 Å². The average Bonchev–Trinajstić information content (AvgIpc) is 2.60. The zero-order chi connectivity index (χ0) is 20.0. The summed E-state index contributed by atoms with van der Waals surface area (Å²) in [5.74, 6) is -1.10. The summed E-state index contributed by atoms with van der Waals surface area (Å²) in [6, 6.07) is 5.87. The van der Waals surface area contributed by atoms with Crippen molar-refractivity contribution in [3.8, 4) is 0 Å². The molecular formula is C19H26FN3O4. The van der Waals surface area contributed by atoms with Gasteiger partial charge in [-0.25, -0.2) is 9.18 Å². The van der Waals surface area contributed by atoms with E-state index in [1.165, 1.54) is 18.2 Å². The van der Waals surface area contributed by atoms with Crippen LogP contribution in [0.25, 0.3) is 0 Å². The zero-order valence-electron chi connectivity index (χ0n) is 16.0. The number of amides is 3. The SMILES string of the molecule is CC(C)(C)OC(=O)N1CCN(C(=O)CCC(=O)Nc2ccccc2F)CC1. The van der Waals surface area contributed by atoms with Crippen LogP contribution < -0.4 is 5.32 Å². The maximum absolute atomic E-state index is 13.5. The van der Waals surface area contributed by atoms with Gasteiger partial charge in [0.05, 0.1) is 5.69 Å². The van der Waals surface area contributed by atoms with E-state index in [2.05, 4.69) is 5.32 Å². The highest BCUT2D eigenvalue weighted by Crippen LogP contribution is 2.14. The lowest BCUT2D eigenvalue weighted by Gasteiger charge is -2.35. The molecule has 1 aliphatic heterocycles. The molecule has 1 saturated heterocycles. The molecule has 1 heterocycles. The fraction of sp³-hybridized carbons (Fsp3) is 0.526. The van der Waals surface area contributed by atoms with Crippen molar-refractivity contribution in [3.05, 3.63) is 30.1 Å². The molecule has 0 aliphatic carbocycles. The van der Waals surface area contributed by atoms with Gasteiger partial charge in [0.15, 0.2) is 0 Å². The highest BCUT2D eigenvalue weighted by molar-refractivity contribution is 5.93. The molecule has 0 aromatic heterocycles. The van der Waals surface area contributed by atoms with Crippen LogP contribution in [0.2, 0.25) is 0 Å². The second-order valence-corrected chi connectivity index (χ2v) is 7.38. The Hall–Kier alpha value is -2.64. The van der Waals surface area contributed by atoms with Gasteiger partial charge in [-0.15, -0.1) is 0 Å². The monoisotopic (exact) mass is 379 g/mol. The number of rotatable bonds is 4. The van der Waals surface area contributed by atoms with Gasteiger partial charge >= 0.3 is 6.09 Å². The topological polar surface area (TPSA) is 79.0 Å². The summed E-state index contributed by atoms with van der Waals surface area (Å²) in [4.78, 5) is 39.4. The van der Waals surface area contributed by atoms with Crippen LogP contribution in [0.3, 0.4) is 0 Å². The lowest BCUT2D eigenvalue weighted by molar-refractivity contribution is -0.134. The van der Waals surface area contributed by atoms with Crippen molar-refractivity contribution >= 4 is 23.6 Å². The fourth-order valence-electron chi connectivity index (χ4n) is 2.62. The maximum Gasteiger partial charge on any atom is 0.410 e. The molecule has 8 heteroatoms. The van der Waals surface area contributed by atoms with Crippen molar-refractivity contribution in [1.82, 2.24) is 9.80 Å². The highest BCUT2D eigenvalue weighted by Gasteiger charge is 2.27. The second kappa shape index (κ2) is 8.83. The summed E-state index contributed by atoms with van der Waals surface area (Å²) < 4.78 is 18.8. The van der Waals surface area contributed by atoms with Crippen LogP contribution >= 0.6 is 0 Å². The average molecular weight is 379 g/mol. The number of nitrogens with one attached hydrogen (secondary N) is 1. The number of benzene rings is 1. The van der Waals surface area contributed by atoms with E-state index < -0.39 is 17.3 Å². The molecule has 3 amide bonds. The predicted octanol–water partition coefficient (Wildman–Crippen LogP) is 2.62. The van der Waals surface area contributed by atoms with Crippen LogP contribution in [0.15, 0.2) is 24.3 Å². The van der Waals surface area contributed by atoms with Crippen molar-refractivity contribution in [3.63, 3.8) is 0 Å². The summed E-state index contributed by atoms with van der Waals surface area (Å²) in [7, 11) is 0. The predicted molar refractivity (Wildman–Crippen MR) is 98.7 cm³/mol. The van der Waals surface area contributed by atoms with E-state index in [1.54, 1.807) is 36.6 Å². The van der Waals surface area contributed by atoms with E-state index in [4.69, 9.17) is 4.74 Å². The Labute approximate surface area is 158 Å². The molecule has 0 atom stereocenters. The summed E-state index contributed by atoms with van der Waals surface area (Å²) in [5.41, 5.74) is -0.462. The maximum atomic E-state index is 13.5. The first-order valence-electron chi connectivity index (χ1n) is 8.96. The lowest BCUT2D eigenvalue weighted by Crippen LogP contribution is -2.51. The first-order valence-corrected chi connectivity index (χ1v) is 8.96. The van der Waals surface area contributed by atoms with E-state index in [1.807, 2.05) is 0 Å². The van der Waals surface area contributed by atoms with Gasteiger partial charge in [-0.2, -0.15) is 0 Å². The van der Waals surface area contributed by atoms with Gasteiger partial charge in [0, 0.05) is 39.0 Å². The van der Waals surface area contributed by atoms with Crippen molar-refractivity contribution in [2.24, 2.45) is 0 Å². The first-order chi connectivity index (χ1) is 12.7. The first kappa shape index (κ1) is 20.7. The van der Waals surface area contributed by atoms with Gasteiger partial charge in [0.2, 0.25) is 11.8 Å². The number of hydrogen-bond acceptors (Lipinski definition) is 4. The zero-order valence-corrected chi connectivity index (χ0v) is 16.0. The number of anilines is 1. The molecule has 0 unspecified atom stereocenters. The van der Waals surface area contributed by atoms with Gasteiger partial charge in [-0.1, -0.05) is 12.1 Å². The van der Waals surface area contributed by atoms with Gasteiger partial charge in [-0.05, 0) is 32.9 Å². The van der Waals surface area contributed by atoms with Crippen molar-refractivity contribution in [1.29, 1.82) is 0 Å². The van der Waals surface area contributed by atoms with Gasteiger partial charge < -0.3 is 19.9 Å². The largest absolute Gasteiger partial charge is 0.444 e. The Morgan fingerprint density at radius 3 is 2.22 bits per heavy atom. The van der Waals surface area contributed by atoms with E-state index in [0.29, 0.717) is 26.2 Å². The molecule has 0 bridgehead atoms. The van der Waals surface area contributed by atoms with Gasteiger partial charge in [-0.3, -0.25) is 9.59 Å². The van der Waals surface area contributed by atoms with E-state index >= 15 is 0 Å². The van der Waals surface area contributed by atoms with Crippen LogP contribution in [0.1, 0.15) is 33.6 Å². The molecule has 1 N–H and O–H groups in total. The van der Waals surface area contributed by atoms with Crippen LogP contribution in [0, 0.1) is 5.82 Å². The number of para-hydroxylation sites is 1. The van der Waals surface area contributed by atoms with Crippen LogP contribution in [0.4, 0.5) is 14.9 Å². The minimum Gasteiger partial charge on any atom is -0.444 e. The molecule has 1 aliphatic rings. The number of carbonyl (C=O) groups excluding carboxylic acids is 3. The molecule has 0 radical (unpaired) electrons. The quantitative estimate of drug-likeness (QED) is 0.872. The molecule has 148 valence electrons. The summed E-state index contributed by atoms with van der Waals surface area (Å²) >= 11 is 0. The van der Waals surface area contributed by atoms with E-state index in [9.17, 15) is 18.8 Å². The number of nitrogens with zero attached hydrogens (tertiary/aromatic N) is 2. The molecule has 1 aromatic carbocycles. The number of hydrogen-bond donors (Lipinski definition) is 1. The summed E-state index contributed by atoms with van der Waals surface area (Å²) in [6.45, 7) is 6.98. The third-order valence-electron chi connectivity index (χ3n) is 4.00. The summed E-state index contributed by atoms with van der Waals surface area (Å²) in [5, 5.41) is 2.46. The third-order valence-corrected chi connectivity index (χ3v) is 4.00. The smallest absolute Gasteiger partial charge is 0.410 e. The Balaban J connectivity index is 1.74. The van der Waals surface area contributed by atoms with Gasteiger partial charge in [0.1, 0.15) is 11.4 Å². The molecule has 2 rings (SSSR count). The number of carbonyl (C=O) groups is 3. The van der Waals surface area contributed by atoms with Crippen molar-refractivity contribution in [2.75, 3.05) is 31.5 Å². The lowest BCUT2D eigenvalue weighted by atomic mass is 10.2. The molecule has 0 saturated carbocycles. The Morgan fingerprint density at radius 2 is 1.63 bits per heavy atom. The van der Waals surface area contributed by atoms with Crippen molar-refractivity contribution in [2.45, 2.75) is 39.2 Å². The Kier molecular flexibility index (Phi) is 6.76. The second-order valence-electron chi connectivity index (χ2n) is 7.38. The minimum absolute atomic E-state index is 0.0283. The minimum atomic E-state index is -0.560. The number of ether oxygens (including phenoxy) is 1. The van der Waals surface area contributed by atoms with Crippen LogP contribution in [-0.2, 0) is 14.3 Å². The normalized spacial score (nSPS) is 14.7. The molecule has 1 aromatic rings. The third kappa shape index (κ3) is 6.54. The summed E-state index contributed by atoms with van der Waals surface area (Å²) in [6.07, 6.45) is -0.384.